The zero-order valence-electron chi connectivity index (χ0n) is 19.0. The summed E-state index contributed by atoms with van der Waals surface area (Å²) in [6, 6.07) is 13.7. The highest BCUT2D eigenvalue weighted by atomic mass is 19.1. The van der Waals surface area contributed by atoms with Crippen LogP contribution in [0.15, 0.2) is 48.5 Å². The number of benzene rings is 2. The molecule has 6 nitrogen and oxygen atoms in total. The van der Waals surface area contributed by atoms with Crippen LogP contribution < -0.4 is 9.47 Å². The lowest BCUT2D eigenvalue weighted by molar-refractivity contribution is -0.147. The van der Waals surface area contributed by atoms with E-state index in [1.807, 2.05) is 30.0 Å². The van der Waals surface area contributed by atoms with Crippen LogP contribution in [0.4, 0.5) is 4.39 Å². The zero-order chi connectivity index (χ0) is 23.4. The summed E-state index contributed by atoms with van der Waals surface area (Å²) in [5.41, 5.74) is 0.920. The molecule has 1 fully saturated rings. The third-order valence-electron chi connectivity index (χ3n) is 6.50. The molecular weight excluding hydrogens is 425 g/mol. The van der Waals surface area contributed by atoms with Crippen LogP contribution >= 0.6 is 0 Å². The van der Waals surface area contributed by atoms with Gasteiger partial charge in [0.05, 0.1) is 13.0 Å². The largest absolute Gasteiger partial charge is 0.482 e. The van der Waals surface area contributed by atoms with E-state index in [4.69, 9.17) is 14.2 Å². The molecule has 1 saturated heterocycles. The van der Waals surface area contributed by atoms with Gasteiger partial charge in [-0.2, -0.15) is 0 Å². The number of nitrogens with zero attached hydrogens (tertiary/aromatic N) is 1. The molecule has 0 aliphatic carbocycles. The van der Waals surface area contributed by atoms with Crippen LogP contribution in [0.3, 0.4) is 0 Å². The van der Waals surface area contributed by atoms with Gasteiger partial charge in [-0.1, -0.05) is 24.3 Å². The Bertz CT molecular complexity index is 971. The highest BCUT2D eigenvalue weighted by molar-refractivity contribution is 5.82. The average molecular weight is 456 g/mol. The molecule has 0 N–H and O–H groups in total. The molecule has 3 atom stereocenters. The van der Waals surface area contributed by atoms with Gasteiger partial charge in [0, 0.05) is 13.1 Å². The standard InChI is InChI=1S/C26H30FNO5/c1-3-31-24(29)16-21(18-8-10-20(27)11-9-18)19-12-14-28(15-13-19)26(30)25-17(2)32-22-6-4-5-7-23(22)33-25/h4-11,17,19,21,25H,3,12-16H2,1-2H3. The lowest BCUT2D eigenvalue weighted by atomic mass is 9.78. The fourth-order valence-corrected chi connectivity index (χ4v) is 4.76. The van der Waals surface area contributed by atoms with Crippen LogP contribution in [0.25, 0.3) is 0 Å². The summed E-state index contributed by atoms with van der Waals surface area (Å²) in [6.45, 7) is 5.09. The lowest BCUT2D eigenvalue weighted by Gasteiger charge is -2.39. The Balaban J connectivity index is 1.42. The van der Waals surface area contributed by atoms with Crippen molar-refractivity contribution in [1.29, 1.82) is 0 Å². The summed E-state index contributed by atoms with van der Waals surface area (Å²) < 4.78 is 30.5. The van der Waals surface area contributed by atoms with Crippen molar-refractivity contribution in [2.45, 2.75) is 51.2 Å². The van der Waals surface area contributed by atoms with Crippen LogP contribution in [-0.4, -0.2) is 48.7 Å². The second kappa shape index (κ2) is 10.2. The smallest absolute Gasteiger partial charge is 0.306 e. The molecule has 2 aromatic rings. The first-order valence-corrected chi connectivity index (χ1v) is 11.6. The van der Waals surface area contributed by atoms with E-state index in [9.17, 15) is 14.0 Å². The minimum atomic E-state index is -0.691. The van der Waals surface area contributed by atoms with Gasteiger partial charge in [-0.05, 0) is 68.4 Å². The Morgan fingerprint density at radius 2 is 1.70 bits per heavy atom. The van der Waals surface area contributed by atoms with E-state index in [0.717, 1.165) is 18.4 Å². The first kappa shape index (κ1) is 23.1. The molecule has 2 heterocycles. The number of fused-ring (bicyclic) bond motifs is 1. The van der Waals surface area contributed by atoms with Crippen LogP contribution in [0.1, 0.15) is 44.6 Å². The summed E-state index contributed by atoms with van der Waals surface area (Å²) in [7, 11) is 0. The van der Waals surface area contributed by atoms with Crippen LogP contribution in [0, 0.1) is 11.7 Å². The molecule has 0 saturated carbocycles. The van der Waals surface area contributed by atoms with Crippen molar-refractivity contribution < 1.29 is 28.2 Å². The number of carbonyl (C=O) groups excluding carboxylic acids is 2. The minimum absolute atomic E-state index is 0.0815. The summed E-state index contributed by atoms with van der Waals surface area (Å²) in [4.78, 5) is 27.3. The molecule has 7 heteroatoms. The van der Waals surface area contributed by atoms with Crippen molar-refractivity contribution in [3.8, 4) is 11.5 Å². The number of hydrogen-bond donors (Lipinski definition) is 0. The van der Waals surface area contributed by atoms with Gasteiger partial charge in [0.25, 0.3) is 5.91 Å². The summed E-state index contributed by atoms with van der Waals surface area (Å²) in [5.74, 6) is 0.681. The van der Waals surface area contributed by atoms with E-state index < -0.39 is 6.10 Å². The summed E-state index contributed by atoms with van der Waals surface area (Å²) >= 11 is 0. The number of rotatable bonds is 6. The molecule has 176 valence electrons. The number of esters is 1. The Morgan fingerprint density at radius 3 is 2.33 bits per heavy atom. The first-order chi connectivity index (χ1) is 16.0. The topological polar surface area (TPSA) is 65.1 Å². The van der Waals surface area contributed by atoms with E-state index in [0.29, 0.717) is 31.2 Å². The Kier molecular flexibility index (Phi) is 7.16. The van der Waals surface area contributed by atoms with E-state index in [1.165, 1.54) is 12.1 Å². The second-order valence-corrected chi connectivity index (χ2v) is 8.64. The molecule has 0 bridgehead atoms. The van der Waals surface area contributed by atoms with Gasteiger partial charge >= 0.3 is 5.97 Å². The summed E-state index contributed by atoms with van der Waals surface area (Å²) in [5, 5.41) is 0. The monoisotopic (exact) mass is 455 g/mol. The lowest BCUT2D eigenvalue weighted by Crippen LogP contribution is -2.52. The fourth-order valence-electron chi connectivity index (χ4n) is 4.76. The number of ether oxygens (including phenoxy) is 3. The number of likely N-dealkylation sites (tertiary alicyclic amines) is 1. The van der Waals surface area contributed by atoms with Crippen LogP contribution in [0.5, 0.6) is 11.5 Å². The van der Waals surface area contributed by atoms with Crippen molar-refractivity contribution >= 4 is 11.9 Å². The molecule has 4 rings (SSSR count). The molecule has 33 heavy (non-hydrogen) atoms. The normalized spacial score (nSPS) is 21.4. The van der Waals surface area contributed by atoms with Crippen LogP contribution in [0.2, 0.25) is 0 Å². The molecule has 0 radical (unpaired) electrons. The third kappa shape index (κ3) is 5.29. The maximum Gasteiger partial charge on any atom is 0.306 e. The number of para-hydroxylation sites is 2. The van der Waals surface area contributed by atoms with Gasteiger partial charge in [0.15, 0.2) is 11.5 Å². The van der Waals surface area contributed by atoms with Crippen molar-refractivity contribution in [2.24, 2.45) is 5.92 Å². The van der Waals surface area contributed by atoms with Gasteiger partial charge in [0.2, 0.25) is 6.10 Å². The molecule has 2 aliphatic rings. The van der Waals surface area contributed by atoms with Gasteiger partial charge in [-0.3, -0.25) is 9.59 Å². The van der Waals surface area contributed by atoms with Crippen molar-refractivity contribution in [2.75, 3.05) is 19.7 Å². The van der Waals surface area contributed by atoms with E-state index in [-0.39, 0.29) is 42.1 Å². The fraction of sp³-hybridized carbons (Fsp3) is 0.462. The van der Waals surface area contributed by atoms with Crippen LogP contribution in [-0.2, 0) is 14.3 Å². The highest BCUT2D eigenvalue weighted by Gasteiger charge is 2.39. The first-order valence-electron chi connectivity index (χ1n) is 11.6. The SMILES string of the molecule is CCOC(=O)CC(c1ccc(F)cc1)C1CCN(C(=O)C2Oc3ccccc3OC2C)CC1. The maximum atomic E-state index is 13.5. The highest BCUT2D eigenvalue weighted by Crippen LogP contribution is 2.37. The van der Waals surface area contributed by atoms with E-state index in [2.05, 4.69) is 0 Å². The van der Waals surface area contributed by atoms with Crippen molar-refractivity contribution in [1.82, 2.24) is 4.90 Å². The molecule has 2 aromatic carbocycles. The number of piperidine rings is 1. The molecule has 0 aromatic heterocycles. The third-order valence-corrected chi connectivity index (χ3v) is 6.50. The molecule has 3 unspecified atom stereocenters. The number of amides is 1. The molecule has 2 aliphatic heterocycles. The summed E-state index contributed by atoms with van der Waals surface area (Å²) in [6.07, 6.45) is 0.646. The molecule has 1 amide bonds. The van der Waals surface area contributed by atoms with Crippen molar-refractivity contribution in [3.05, 3.63) is 59.9 Å². The van der Waals surface area contributed by atoms with Gasteiger partial charge < -0.3 is 19.1 Å². The molecule has 0 spiro atoms. The number of hydrogen-bond acceptors (Lipinski definition) is 5. The van der Waals surface area contributed by atoms with E-state index in [1.54, 1.807) is 25.1 Å². The van der Waals surface area contributed by atoms with Gasteiger partial charge in [0.1, 0.15) is 11.9 Å². The maximum absolute atomic E-state index is 13.5. The Morgan fingerprint density at radius 1 is 1.06 bits per heavy atom. The van der Waals surface area contributed by atoms with E-state index >= 15 is 0 Å². The van der Waals surface area contributed by atoms with Gasteiger partial charge in [-0.25, -0.2) is 4.39 Å². The average Bonchev–Trinajstić information content (AvgIpc) is 2.83. The van der Waals surface area contributed by atoms with Gasteiger partial charge in [-0.15, -0.1) is 0 Å². The minimum Gasteiger partial charge on any atom is -0.482 e. The molecular formula is C26H30FNO5. The number of carbonyl (C=O) groups is 2. The predicted molar refractivity (Wildman–Crippen MR) is 121 cm³/mol. The Hall–Kier alpha value is -3.09. The quantitative estimate of drug-likeness (QED) is 0.607. The second-order valence-electron chi connectivity index (χ2n) is 8.64. The number of halogens is 1. The predicted octanol–water partition coefficient (Wildman–Crippen LogP) is 4.33. The Labute approximate surface area is 193 Å². The zero-order valence-corrected chi connectivity index (χ0v) is 19.0. The van der Waals surface area contributed by atoms with Crippen molar-refractivity contribution in [3.63, 3.8) is 0 Å².